The van der Waals surface area contributed by atoms with E-state index in [0.29, 0.717) is 41.8 Å². The van der Waals surface area contributed by atoms with Crippen LogP contribution in [0.15, 0.2) is 11.6 Å². The molecule has 138 valence electrons. The zero-order chi connectivity index (χ0) is 18.1. The number of aliphatic hydroxyl groups excluding tert-OH is 1. The quantitative estimate of drug-likeness (QED) is 0.581. The number of ketones is 1. The lowest BCUT2D eigenvalue weighted by atomic mass is 9.41. The van der Waals surface area contributed by atoms with Gasteiger partial charge in [0.15, 0.2) is 0 Å². The molecule has 3 saturated carbocycles. The molecule has 0 aliphatic heterocycles. The third kappa shape index (κ3) is 2.02. The van der Waals surface area contributed by atoms with Gasteiger partial charge < -0.3 is 9.90 Å². The summed E-state index contributed by atoms with van der Waals surface area (Å²) in [4.78, 5) is 25.2. The summed E-state index contributed by atoms with van der Waals surface area (Å²) in [5, 5.41) is 10.3. The number of hydrogen-bond donors (Lipinski definition) is 1. The summed E-state index contributed by atoms with van der Waals surface area (Å²) in [6.07, 6.45) is 7.09. The molecule has 0 bridgehead atoms. The van der Waals surface area contributed by atoms with E-state index in [0.717, 1.165) is 25.7 Å². The van der Waals surface area contributed by atoms with Crippen LogP contribution < -0.4 is 0 Å². The molecule has 1 N–H and O–H groups in total. The number of aldehydes is 1. The molecule has 4 aliphatic carbocycles. The van der Waals surface area contributed by atoms with E-state index in [1.165, 1.54) is 11.9 Å². The standard InChI is InChI=1S/C22H32O3/c1-12-9-15(24)10-18-13(2)14(3)20-16-5-6-19(25)21(16,4)8-7-17(20)22(12,18)11-23/h10-17,20,24H,5-9H2,1-4H3/t12?,13?,14?,15-,16-,17-,20-,21-,22+/m0/s1. The van der Waals surface area contributed by atoms with Crippen LogP contribution in [0.4, 0.5) is 0 Å². The number of rotatable bonds is 1. The zero-order valence-corrected chi connectivity index (χ0v) is 16.0. The first kappa shape index (κ1) is 17.5. The molecule has 3 unspecified atom stereocenters. The maximum Gasteiger partial charge on any atom is 0.139 e. The number of fused-ring (bicyclic) bond motifs is 5. The fraction of sp³-hybridized carbons (Fsp3) is 0.818. The Morgan fingerprint density at radius 3 is 2.60 bits per heavy atom. The van der Waals surface area contributed by atoms with Gasteiger partial charge in [0.05, 0.1) is 11.5 Å². The topological polar surface area (TPSA) is 54.4 Å². The molecule has 3 nitrogen and oxygen atoms in total. The number of allylic oxidation sites excluding steroid dienone is 1. The lowest BCUT2D eigenvalue weighted by Gasteiger charge is -2.62. The van der Waals surface area contributed by atoms with Gasteiger partial charge in [-0.25, -0.2) is 0 Å². The van der Waals surface area contributed by atoms with E-state index in [4.69, 9.17) is 0 Å². The van der Waals surface area contributed by atoms with Crippen molar-refractivity contribution in [3.8, 4) is 0 Å². The Labute approximate surface area is 151 Å². The van der Waals surface area contributed by atoms with Crippen LogP contribution in [-0.4, -0.2) is 23.3 Å². The molecule has 3 fully saturated rings. The molecule has 0 aromatic rings. The van der Waals surface area contributed by atoms with Crippen molar-refractivity contribution >= 4 is 12.1 Å². The van der Waals surface area contributed by atoms with Gasteiger partial charge in [0.1, 0.15) is 12.1 Å². The van der Waals surface area contributed by atoms with Gasteiger partial charge >= 0.3 is 0 Å². The largest absolute Gasteiger partial charge is 0.389 e. The van der Waals surface area contributed by atoms with Crippen molar-refractivity contribution in [2.75, 3.05) is 0 Å². The van der Waals surface area contributed by atoms with Crippen LogP contribution in [0, 0.1) is 46.3 Å². The number of aliphatic hydroxyl groups is 1. The maximum absolute atomic E-state index is 12.6. The Hall–Kier alpha value is -0.960. The first-order chi connectivity index (χ1) is 11.8. The molecule has 0 aromatic heterocycles. The maximum atomic E-state index is 12.6. The van der Waals surface area contributed by atoms with Gasteiger partial charge in [0.25, 0.3) is 0 Å². The van der Waals surface area contributed by atoms with Crippen LogP contribution in [0.3, 0.4) is 0 Å². The Morgan fingerprint density at radius 1 is 1.20 bits per heavy atom. The fourth-order valence-corrected chi connectivity index (χ4v) is 7.53. The second-order valence-electron chi connectivity index (χ2n) is 9.73. The minimum absolute atomic E-state index is 0.169. The number of carbonyl (C=O) groups is 2. The van der Waals surface area contributed by atoms with Crippen LogP contribution in [-0.2, 0) is 9.59 Å². The Balaban J connectivity index is 1.85. The van der Waals surface area contributed by atoms with Crippen molar-refractivity contribution in [1.82, 2.24) is 0 Å². The molecule has 3 heteroatoms. The molecule has 0 aromatic carbocycles. The van der Waals surface area contributed by atoms with Crippen LogP contribution in [0.2, 0.25) is 0 Å². The molecule has 9 atom stereocenters. The molecular formula is C22H32O3. The summed E-state index contributed by atoms with van der Waals surface area (Å²) in [6, 6.07) is 0. The SMILES string of the molecule is CC1C2=C[C@@H](O)CC(C)[C@]2(C=O)[C@H]2CC[C@]3(C)C(=O)CC[C@H]3[C@@H]2C1C. The highest BCUT2D eigenvalue weighted by atomic mass is 16.3. The molecule has 4 aliphatic rings. The molecule has 0 heterocycles. The Kier molecular flexibility index (Phi) is 3.85. The lowest BCUT2D eigenvalue weighted by Crippen LogP contribution is -2.59. The van der Waals surface area contributed by atoms with Crippen LogP contribution in [0.5, 0.6) is 0 Å². The van der Waals surface area contributed by atoms with E-state index in [-0.39, 0.29) is 11.3 Å². The van der Waals surface area contributed by atoms with Gasteiger partial charge in [-0.05, 0) is 61.2 Å². The van der Waals surface area contributed by atoms with E-state index >= 15 is 0 Å². The smallest absolute Gasteiger partial charge is 0.139 e. The second kappa shape index (κ2) is 5.52. The van der Waals surface area contributed by atoms with Crippen molar-refractivity contribution < 1.29 is 14.7 Å². The van der Waals surface area contributed by atoms with Gasteiger partial charge in [-0.2, -0.15) is 0 Å². The van der Waals surface area contributed by atoms with E-state index < -0.39 is 11.5 Å². The summed E-state index contributed by atoms with van der Waals surface area (Å²) < 4.78 is 0. The molecule has 0 saturated heterocycles. The zero-order valence-electron chi connectivity index (χ0n) is 16.0. The van der Waals surface area contributed by atoms with Gasteiger partial charge in [0.2, 0.25) is 0 Å². The number of hydrogen-bond acceptors (Lipinski definition) is 3. The minimum atomic E-state index is -0.428. The van der Waals surface area contributed by atoms with Crippen LogP contribution in [0.25, 0.3) is 0 Å². The average Bonchev–Trinajstić information content (AvgIpc) is 2.87. The molecule has 0 radical (unpaired) electrons. The van der Waals surface area contributed by atoms with Crippen LogP contribution >= 0.6 is 0 Å². The molecule has 25 heavy (non-hydrogen) atoms. The highest BCUT2D eigenvalue weighted by Crippen LogP contribution is 2.67. The van der Waals surface area contributed by atoms with Gasteiger partial charge in [-0.15, -0.1) is 0 Å². The predicted octanol–water partition coefficient (Wildman–Crippen LogP) is 3.80. The Bertz CT molecular complexity index is 637. The van der Waals surface area contributed by atoms with E-state index in [2.05, 4.69) is 27.7 Å². The van der Waals surface area contributed by atoms with E-state index in [9.17, 15) is 14.7 Å². The lowest BCUT2D eigenvalue weighted by molar-refractivity contribution is -0.146. The van der Waals surface area contributed by atoms with Gasteiger partial charge in [-0.1, -0.05) is 39.3 Å². The average molecular weight is 344 g/mol. The highest BCUT2D eigenvalue weighted by molar-refractivity contribution is 5.87. The third-order valence-electron chi connectivity index (χ3n) is 9.02. The van der Waals surface area contributed by atoms with Crippen molar-refractivity contribution in [1.29, 1.82) is 0 Å². The summed E-state index contributed by atoms with van der Waals surface area (Å²) in [6.45, 7) is 8.89. The normalized spacial score (nSPS) is 55.0. The second-order valence-corrected chi connectivity index (χ2v) is 9.73. The summed E-state index contributed by atoms with van der Waals surface area (Å²) in [7, 11) is 0. The molecule has 0 spiro atoms. The van der Waals surface area contributed by atoms with Crippen molar-refractivity contribution in [2.24, 2.45) is 46.3 Å². The minimum Gasteiger partial charge on any atom is -0.389 e. The predicted molar refractivity (Wildman–Crippen MR) is 96.7 cm³/mol. The summed E-state index contributed by atoms with van der Waals surface area (Å²) >= 11 is 0. The van der Waals surface area contributed by atoms with Crippen molar-refractivity contribution in [3.05, 3.63) is 11.6 Å². The van der Waals surface area contributed by atoms with Crippen molar-refractivity contribution in [3.63, 3.8) is 0 Å². The summed E-state index contributed by atoms with van der Waals surface area (Å²) in [5.74, 6) is 2.57. The molecule has 4 rings (SSSR count). The van der Waals surface area contributed by atoms with Gasteiger partial charge in [-0.3, -0.25) is 4.79 Å². The first-order valence-corrected chi connectivity index (χ1v) is 10.2. The summed E-state index contributed by atoms with van der Waals surface area (Å²) in [5.41, 5.74) is 0.594. The molecular weight excluding hydrogens is 312 g/mol. The van der Waals surface area contributed by atoms with Crippen LogP contribution in [0.1, 0.15) is 59.8 Å². The van der Waals surface area contributed by atoms with E-state index in [1.807, 2.05) is 6.08 Å². The number of Topliss-reactive ketones (excluding diaryl/α,β-unsaturated/α-hetero) is 1. The molecule has 0 amide bonds. The number of carbonyl (C=O) groups excluding carboxylic acids is 2. The monoisotopic (exact) mass is 344 g/mol. The first-order valence-electron chi connectivity index (χ1n) is 10.2. The third-order valence-corrected chi connectivity index (χ3v) is 9.02. The van der Waals surface area contributed by atoms with E-state index in [1.54, 1.807) is 0 Å². The Morgan fingerprint density at radius 2 is 1.92 bits per heavy atom. The van der Waals surface area contributed by atoms with Gasteiger partial charge in [0, 0.05) is 11.8 Å². The fourth-order valence-electron chi connectivity index (χ4n) is 7.53. The van der Waals surface area contributed by atoms with Crippen molar-refractivity contribution in [2.45, 2.75) is 65.9 Å². The highest BCUT2D eigenvalue weighted by Gasteiger charge is 2.64.